The second kappa shape index (κ2) is 8.43. The molecule has 0 unspecified atom stereocenters. The van der Waals surface area contributed by atoms with E-state index in [-0.39, 0.29) is 11.0 Å². The number of nitrogens with one attached hydrogen (secondary N) is 3. The van der Waals surface area contributed by atoms with Crippen LogP contribution in [0, 0.1) is 10.8 Å². The molecule has 6 nitrogen and oxygen atoms in total. The van der Waals surface area contributed by atoms with Crippen molar-refractivity contribution in [1.29, 1.82) is 5.41 Å². The number of hydrogen-bond acceptors (Lipinski definition) is 3. The van der Waals surface area contributed by atoms with Crippen molar-refractivity contribution in [1.82, 2.24) is 19.8 Å². The van der Waals surface area contributed by atoms with Gasteiger partial charge in [-0.25, -0.2) is 0 Å². The maximum absolute atomic E-state index is 13.5. The van der Waals surface area contributed by atoms with E-state index < -0.39 is 0 Å². The second-order valence-electron chi connectivity index (χ2n) is 10.0. The summed E-state index contributed by atoms with van der Waals surface area (Å²) in [6, 6.07) is 10.00. The van der Waals surface area contributed by atoms with E-state index in [1.165, 1.54) is 12.8 Å². The molecule has 7 heteroatoms. The van der Waals surface area contributed by atoms with Gasteiger partial charge in [0.15, 0.2) is 0 Å². The van der Waals surface area contributed by atoms with E-state index in [2.05, 4.69) is 35.9 Å². The molecule has 34 heavy (non-hydrogen) atoms. The monoisotopic (exact) mass is 477 g/mol. The second-order valence-corrected chi connectivity index (χ2v) is 10.4. The Morgan fingerprint density at radius 3 is 2.79 bits per heavy atom. The SMILES string of the molecule is C=CN(C)C(=N)C1(c2cccc(-n3cc(Cl)c4cc(CNCCC)[nH]c4c3=O)c2)CC2(CC2)C1. The van der Waals surface area contributed by atoms with Crippen molar-refractivity contribution in [3.8, 4) is 5.69 Å². The van der Waals surface area contributed by atoms with Crippen molar-refractivity contribution in [3.63, 3.8) is 0 Å². The molecule has 2 aliphatic rings. The van der Waals surface area contributed by atoms with Crippen LogP contribution in [0.1, 0.15) is 50.3 Å². The minimum atomic E-state index is -0.350. The Morgan fingerprint density at radius 1 is 1.35 bits per heavy atom. The number of H-pyrrole nitrogens is 1. The van der Waals surface area contributed by atoms with Gasteiger partial charge in [0.1, 0.15) is 11.4 Å². The van der Waals surface area contributed by atoms with Gasteiger partial charge in [-0.1, -0.05) is 37.2 Å². The topological polar surface area (TPSA) is 76.9 Å². The minimum absolute atomic E-state index is 0.127. The fraction of sp³-hybridized carbons (Fsp3) is 0.407. The lowest BCUT2D eigenvalue weighted by atomic mass is 9.55. The van der Waals surface area contributed by atoms with Crippen LogP contribution < -0.4 is 10.9 Å². The number of amidine groups is 1. The van der Waals surface area contributed by atoms with Crippen molar-refractivity contribution in [2.45, 2.75) is 51.0 Å². The number of likely N-dealkylation sites (N-methyl/N-ethyl adjacent to an activating group) is 1. The average Bonchev–Trinajstić information content (AvgIpc) is 3.50. The zero-order valence-electron chi connectivity index (χ0n) is 19.9. The zero-order valence-corrected chi connectivity index (χ0v) is 20.6. The molecule has 2 aromatic heterocycles. The standard InChI is InChI=1S/C27H32ClN5O/c1-4-11-30-14-19-13-21-22(28)15-33(24(34)23(21)31-19)20-8-6-7-18(12-20)27(25(29)32(3)5-2)16-26(17-27)9-10-26/h5-8,12-13,15,29-31H,2,4,9-11,14,16-17H2,1,3H3. The number of nitrogens with zero attached hydrogens (tertiary/aromatic N) is 2. The van der Waals surface area contributed by atoms with Crippen LogP contribution >= 0.6 is 11.6 Å². The molecule has 2 aliphatic carbocycles. The normalized spacial score (nSPS) is 17.5. The van der Waals surface area contributed by atoms with Crippen molar-refractivity contribution in [2.24, 2.45) is 5.41 Å². The Morgan fingerprint density at radius 2 is 2.12 bits per heavy atom. The lowest BCUT2D eigenvalue weighted by Gasteiger charge is -2.51. The number of hydrogen-bond donors (Lipinski definition) is 3. The lowest BCUT2D eigenvalue weighted by Crippen LogP contribution is -2.53. The zero-order chi connectivity index (χ0) is 24.1. The van der Waals surface area contributed by atoms with E-state index in [1.54, 1.807) is 17.0 Å². The summed E-state index contributed by atoms with van der Waals surface area (Å²) in [5, 5.41) is 13.6. The first kappa shape index (κ1) is 22.9. The highest BCUT2D eigenvalue weighted by Crippen LogP contribution is 2.69. The van der Waals surface area contributed by atoms with Crippen LogP contribution in [-0.4, -0.2) is 33.9 Å². The molecular weight excluding hydrogens is 446 g/mol. The maximum Gasteiger partial charge on any atom is 0.279 e. The molecule has 1 aromatic carbocycles. The van der Waals surface area contributed by atoms with Gasteiger partial charge in [-0.2, -0.15) is 0 Å². The van der Waals surface area contributed by atoms with E-state index in [4.69, 9.17) is 17.0 Å². The van der Waals surface area contributed by atoms with Gasteiger partial charge in [0.05, 0.1) is 10.4 Å². The van der Waals surface area contributed by atoms with E-state index in [9.17, 15) is 4.79 Å². The molecule has 0 radical (unpaired) electrons. The van der Waals surface area contributed by atoms with Crippen LogP contribution in [0.25, 0.3) is 16.6 Å². The van der Waals surface area contributed by atoms with E-state index in [0.717, 1.165) is 48.1 Å². The van der Waals surface area contributed by atoms with Crippen LogP contribution in [0.5, 0.6) is 0 Å². The number of halogens is 1. The Labute approximate surface area is 205 Å². The third-order valence-electron chi connectivity index (χ3n) is 7.62. The molecule has 0 bridgehead atoms. The first-order valence-corrected chi connectivity index (χ1v) is 12.4. The summed E-state index contributed by atoms with van der Waals surface area (Å²) in [5.74, 6) is 0.562. The lowest BCUT2D eigenvalue weighted by molar-refractivity contribution is 0.172. The largest absolute Gasteiger partial charge is 0.353 e. The fourth-order valence-electron chi connectivity index (χ4n) is 5.57. The molecule has 2 fully saturated rings. The summed E-state index contributed by atoms with van der Waals surface area (Å²) in [5.41, 5.74) is 3.21. The number of pyridine rings is 1. The fourth-order valence-corrected chi connectivity index (χ4v) is 5.81. The highest BCUT2D eigenvalue weighted by Gasteiger charge is 2.63. The van der Waals surface area contributed by atoms with Crippen LogP contribution in [0.2, 0.25) is 5.02 Å². The highest BCUT2D eigenvalue weighted by molar-refractivity contribution is 6.35. The number of rotatable bonds is 8. The molecule has 3 aromatic rings. The van der Waals surface area contributed by atoms with Crippen molar-refractivity contribution in [3.05, 3.63) is 75.9 Å². The maximum atomic E-state index is 13.5. The molecule has 2 saturated carbocycles. The molecule has 0 saturated heterocycles. The van der Waals surface area contributed by atoms with Crippen LogP contribution in [0.15, 0.2) is 54.1 Å². The predicted molar refractivity (Wildman–Crippen MR) is 139 cm³/mol. The third-order valence-corrected chi connectivity index (χ3v) is 7.92. The summed E-state index contributed by atoms with van der Waals surface area (Å²) in [6.07, 6.45) is 8.88. The number of benzene rings is 1. The average molecular weight is 478 g/mol. The quantitative estimate of drug-likeness (QED) is 0.233. The summed E-state index contributed by atoms with van der Waals surface area (Å²) < 4.78 is 1.62. The molecule has 178 valence electrons. The van der Waals surface area contributed by atoms with Gasteiger partial charge >= 0.3 is 0 Å². The van der Waals surface area contributed by atoms with Gasteiger partial charge in [0.2, 0.25) is 0 Å². The summed E-state index contributed by atoms with van der Waals surface area (Å²) in [6.45, 7) is 7.56. The van der Waals surface area contributed by atoms with Gasteiger partial charge in [0, 0.05) is 36.6 Å². The number of aromatic nitrogens is 2. The Balaban J connectivity index is 1.54. The van der Waals surface area contributed by atoms with Crippen LogP contribution in [-0.2, 0) is 12.0 Å². The number of aromatic amines is 1. The third kappa shape index (κ3) is 3.69. The summed E-state index contributed by atoms with van der Waals surface area (Å²) in [4.78, 5) is 18.5. The predicted octanol–water partition coefficient (Wildman–Crippen LogP) is 5.34. The van der Waals surface area contributed by atoms with E-state index >= 15 is 0 Å². The Hall–Kier alpha value is -2.83. The minimum Gasteiger partial charge on any atom is -0.353 e. The van der Waals surface area contributed by atoms with Gasteiger partial charge in [-0.15, -0.1) is 0 Å². The van der Waals surface area contributed by atoms with Gasteiger partial charge in [-0.3, -0.25) is 14.8 Å². The van der Waals surface area contributed by atoms with Crippen molar-refractivity contribution in [2.75, 3.05) is 13.6 Å². The van der Waals surface area contributed by atoms with Crippen LogP contribution in [0.4, 0.5) is 0 Å². The van der Waals surface area contributed by atoms with E-state index in [0.29, 0.717) is 28.3 Å². The molecule has 0 amide bonds. The van der Waals surface area contributed by atoms with Crippen molar-refractivity contribution < 1.29 is 0 Å². The Bertz CT molecular complexity index is 1320. The first-order chi connectivity index (χ1) is 16.3. The van der Waals surface area contributed by atoms with Gasteiger partial charge in [0.25, 0.3) is 5.56 Å². The Kier molecular flexibility index (Phi) is 5.69. The highest BCUT2D eigenvalue weighted by atomic mass is 35.5. The van der Waals surface area contributed by atoms with E-state index in [1.807, 2.05) is 30.1 Å². The summed E-state index contributed by atoms with van der Waals surface area (Å²) >= 11 is 6.63. The molecule has 2 heterocycles. The van der Waals surface area contributed by atoms with Crippen LogP contribution in [0.3, 0.4) is 0 Å². The smallest absolute Gasteiger partial charge is 0.279 e. The number of fused-ring (bicyclic) bond motifs is 1. The molecular formula is C27H32ClN5O. The summed E-state index contributed by atoms with van der Waals surface area (Å²) in [7, 11) is 1.88. The molecule has 0 atom stereocenters. The van der Waals surface area contributed by atoms with Gasteiger partial charge in [-0.05, 0) is 74.0 Å². The molecule has 5 rings (SSSR count). The van der Waals surface area contributed by atoms with Gasteiger partial charge < -0.3 is 15.2 Å². The molecule has 0 aliphatic heterocycles. The first-order valence-electron chi connectivity index (χ1n) is 12.0. The molecule has 3 N–H and O–H groups in total. The molecule has 1 spiro atoms. The van der Waals surface area contributed by atoms with Crippen molar-refractivity contribution >= 4 is 28.3 Å².